The third kappa shape index (κ3) is 7.42. The molecule has 10 nitrogen and oxygen atoms in total. The van der Waals surface area contributed by atoms with Crippen molar-refractivity contribution >= 4 is 30.2 Å². The van der Waals surface area contributed by atoms with Crippen molar-refractivity contribution in [2.24, 2.45) is 0 Å². The Morgan fingerprint density at radius 1 is 1.27 bits per heavy atom. The highest BCUT2D eigenvalue weighted by atomic mass is 16.5. The SMILES string of the molecule is CCCC(C)Nc1nc(N)nc(/C=C\N(C=O)Cc2ccc(C(=O)N3CCN(C)CC3)cc2OC)c1C. The molecule has 1 aliphatic heterocycles. The van der Waals surface area contributed by atoms with Crippen molar-refractivity contribution in [3.63, 3.8) is 0 Å². The molecular weight excluding hydrogens is 470 g/mol. The lowest BCUT2D eigenvalue weighted by Crippen LogP contribution is -2.47. The first kappa shape index (κ1) is 27.9. The number of piperazine rings is 1. The number of nitrogens with two attached hydrogens (primary N) is 1. The maximum atomic E-state index is 13.0. The van der Waals surface area contributed by atoms with E-state index in [-0.39, 0.29) is 24.4 Å². The summed E-state index contributed by atoms with van der Waals surface area (Å²) in [6.07, 6.45) is 6.21. The summed E-state index contributed by atoms with van der Waals surface area (Å²) in [6, 6.07) is 5.61. The summed E-state index contributed by atoms with van der Waals surface area (Å²) >= 11 is 0. The fourth-order valence-electron chi connectivity index (χ4n) is 4.28. The molecule has 10 heteroatoms. The molecule has 1 unspecified atom stereocenters. The number of nitrogen functional groups attached to an aromatic ring is 1. The molecule has 1 aliphatic rings. The molecule has 200 valence electrons. The van der Waals surface area contributed by atoms with Gasteiger partial charge in [-0.05, 0) is 45.5 Å². The number of rotatable bonds is 11. The highest BCUT2D eigenvalue weighted by Crippen LogP contribution is 2.24. The van der Waals surface area contributed by atoms with Crippen LogP contribution in [0.5, 0.6) is 5.75 Å². The molecule has 2 amide bonds. The molecule has 1 atom stereocenters. The van der Waals surface area contributed by atoms with Gasteiger partial charge in [0.15, 0.2) is 0 Å². The zero-order valence-corrected chi connectivity index (χ0v) is 22.5. The van der Waals surface area contributed by atoms with Crippen LogP contribution >= 0.6 is 0 Å². The smallest absolute Gasteiger partial charge is 0.254 e. The molecule has 3 N–H and O–H groups in total. The minimum atomic E-state index is -0.0143. The van der Waals surface area contributed by atoms with E-state index in [1.165, 1.54) is 4.90 Å². The van der Waals surface area contributed by atoms with Crippen molar-refractivity contribution in [1.82, 2.24) is 24.7 Å². The molecule has 0 bridgehead atoms. The number of ether oxygens (including phenoxy) is 1. The first-order valence-electron chi connectivity index (χ1n) is 12.7. The van der Waals surface area contributed by atoms with Crippen LogP contribution in [-0.4, -0.2) is 83.4 Å². The predicted molar refractivity (Wildman–Crippen MR) is 146 cm³/mol. The van der Waals surface area contributed by atoms with Gasteiger partial charge in [-0.15, -0.1) is 0 Å². The van der Waals surface area contributed by atoms with E-state index in [0.29, 0.717) is 35.9 Å². The molecule has 3 rings (SSSR count). The minimum absolute atomic E-state index is 0.0143. The lowest BCUT2D eigenvalue weighted by molar-refractivity contribution is -0.116. The van der Waals surface area contributed by atoms with Crippen LogP contribution in [0.1, 0.15) is 53.9 Å². The molecule has 2 heterocycles. The second kappa shape index (κ2) is 13.0. The Balaban J connectivity index is 1.75. The Kier molecular flexibility index (Phi) is 9.85. The fraction of sp³-hybridized carbons (Fsp3) is 0.481. The first-order chi connectivity index (χ1) is 17.7. The molecule has 1 aromatic heterocycles. The molecule has 0 aliphatic carbocycles. The van der Waals surface area contributed by atoms with Gasteiger partial charge in [-0.2, -0.15) is 4.98 Å². The van der Waals surface area contributed by atoms with Crippen LogP contribution in [0.15, 0.2) is 24.4 Å². The van der Waals surface area contributed by atoms with Crippen LogP contribution in [0.4, 0.5) is 11.8 Å². The van der Waals surface area contributed by atoms with Gasteiger partial charge in [-0.3, -0.25) is 9.59 Å². The van der Waals surface area contributed by atoms with Gasteiger partial charge in [-0.25, -0.2) is 4.98 Å². The maximum absolute atomic E-state index is 13.0. The molecule has 1 aromatic carbocycles. The number of carbonyl (C=O) groups excluding carboxylic acids is 2. The molecule has 0 spiro atoms. The number of methoxy groups -OCH3 is 1. The number of amides is 2. The van der Waals surface area contributed by atoms with Crippen LogP contribution < -0.4 is 15.8 Å². The highest BCUT2D eigenvalue weighted by molar-refractivity contribution is 5.94. The fourth-order valence-corrected chi connectivity index (χ4v) is 4.28. The van der Waals surface area contributed by atoms with Crippen LogP contribution in [-0.2, 0) is 11.3 Å². The van der Waals surface area contributed by atoms with Crippen LogP contribution in [0.3, 0.4) is 0 Å². The summed E-state index contributed by atoms with van der Waals surface area (Å²) in [5.74, 6) is 1.39. The molecule has 37 heavy (non-hydrogen) atoms. The van der Waals surface area contributed by atoms with Crippen LogP contribution in [0, 0.1) is 6.92 Å². The lowest BCUT2D eigenvalue weighted by Gasteiger charge is -2.32. The predicted octanol–water partition coefficient (Wildman–Crippen LogP) is 2.99. The van der Waals surface area contributed by atoms with E-state index in [1.54, 1.807) is 31.5 Å². The molecular formula is C27H39N7O3. The Morgan fingerprint density at radius 3 is 2.65 bits per heavy atom. The van der Waals surface area contributed by atoms with Crippen molar-refractivity contribution in [2.75, 3.05) is 51.4 Å². The number of carbonyl (C=O) groups is 2. The highest BCUT2D eigenvalue weighted by Gasteiger charge is 2.21. The van der Waals surface area contributed by atoms with Gasteiger partial charge >= 0.3 is 0 Å². The van der Waals surface area contributed by atoms with E-state index >= 15 is 0 Å². The number of nitrogens with zero attached hydrogens (tertiary/aromatic N) is 5. The van der Waals surface area contributed by atoms with Gasteiger partial charge in [-0.1, -0.05) is 19.4 Å². The van der Waals surface area contributed by atoms with Crippen molar-refractivity contribution in [1.29, 1.82) is 0 Å². The van der Waals surface area contributed by atoms with Gasteiger partial charge in [0.1, 0.15) is 11.6 Å². The van der Waals surface area contributed by atoms with E-state index < -0.39 is 0 Å². The molecule has 0 radical (unpaired) electrons. The van der Waals surface area contributed by atoms with Crippen molar-refractivity contribution in [2.45, 2.75) is 46.2 Å². The van der Waals surface area contributed by atoms with Crippen molar-refractivity contribution < 1.29 is 14.3 Å². The summed E-state index contributed by atoms with van der Waals surface area (Å²) < 4.78 is 5.56. The van der Waals surface area contributed by atoms with E-state index in [2.05, 4.69) is 41.1 Å². The van der Waals surface area contributed by atoms with Gasteiger partial charge in [0.25, 0.3) is 5.91 Å². The normalized spacial score (nSPS) is 15.0. The van der Waals surface area contributed by atoms with E-state index in [4.69, 9.17) is 10.5 Å². The zero-order chi connectivity index (χ0) is 26.9. The number of hydrogen-bond donors (Lipinski definition) is 2. The third-order valence-corrected chi connectivity index (χ3v) is 6.54. The third-order valence-electron chi connectivity index (χ3n) is 6.54. The topological polar surface area (TPSA) is 117 Å². The van der Waals surface area contributed by atoms with Crippen LogP contribution in [0.25, 0.3) is 6.08 Å². The summed E-state index contributed by atoms with van der Waals surface area (Å²) in [6.45, 7) is 9.53. The molecule has 2 aromatic rings. The minimum Gasteiger partial charge on any atom is -0.496 e. The maximum Gasteiger partial charge on any atom is 0.254 e. The quantitative estimate of drug-likeness (QED) is 0.444. The van der Waals surface area contributed by atoms with Gasteiger partial charge < -0.3 is 30.5 Å². The van der Waals surface area contributed by atoms with Crippen molar-refractivity contribution in [3.05, 3.63) is 46.8 Å². The second-order valence-corrected chi connectivity index (χ2v) is 9.49. The number of hydrogen-bond acceptors (Lipinski definition) is 8. The number of benzene rings is 1. The Morgan fingerprint density at radius 2 is 2.00 bits per heavy atom. The average Bonchev–Trinajstić information content (AvgIpc) is 2.89. The Labute approximate surface area is 219 Å². The molecule has 1 fully saturated rings. The number of likely N-dealkylation sites (N-methyl/N-ethyl adjacent to an activating group) is 1. The van der Waals surface area contributed by atoms with Crippen LogP contribution in [0.2, 0.25) is 0 Å². The zero-order valence-electron chi connectivity index (χ0n) is 22.5. The standard InChI is InChI=1S/C27H39N7O3/c1-6-7-19(2)29-25-20(3)23(30-27(28)31-25)10-11-33(18-35)17-22-9-8-21(16-24(22)37-5)26(36)34-14-12-32(4)13-15-34/h8-11,16,18-19H,6-7,12-15,17H2,1-5H3,(H3,28,29,30,31)/b11-10-. The largest absolute Gasteiger partial charge is 0.496 e. The van der Waals surface area contributed by atoms with Gasteiger partial charge in [0.05, 0.1) is 19.3 Å². The van der Waals surface area contributed by atoms with Gasteiger partial charge in [0, 0.05) is 55.1 Å². The van der Waals surface area contributed by atoms with E-state index in [1.807, 2.05) is 17.9 Å². The molecule has 1 saturated heterocycles. The summed E-state index contributed by atoms with van der Waals surface area (Å²) in [7, 11) is 3.61. The summed E-state index contributed by atoms with van der Waals surface area (Å²) in [5, 5.41) is 3.39. The number of anilines is 2. The monoisotopic (exact) mass is 509 g/mol. The second-order valence-electron chi connectivity index (χ2n) is 9.49. The number of aromatic nitrogens is 2. The lowest BCUT2D eigenvalue weighted by atomic mass is 10.1. The van der Waals surface area contributed by atoms with E-state index in [0.717, 1.165) is 43.5 Å². The molecule has 0 saturated carbocycles. The average molecular weight is 510 g/mol. The Bertz CT molecular complexity index is 1110. The van der Waals surface area contributed by atoms with E-state index in [9.17, 15) is 9.59 Å². The van der Waals surface area contributed by atoms with Gasteiger partial charge in [0.2, 0.25) is 12.4 Å². The summed E-state index contributed by atoms with van der Waals surface area (Å²) in [5.41, 5.74) is 8.78. The Hall–Kier alpha value is -3.66. The summed E-state index contributed by atoms with van der Waals surface area (Å²) in [4.78, 5) is 39.1. The first-order valence-corrected chi connectivity index (χ1v) is 12.7. The van der Waals surface area contributed by atoms with Crippen molar-refractivity contribution in [3.8, 4) is 5.75 Å². The number of nitrogens with one attached hydrogen (secondary N) is 1.